The lowest BCUT2D eigenvalue weighted by Gasteiger charge is -2.21. The lowest BCUT2D eigenvalue weighted by atomic mass is 10.2. The largest absolute Gasteiger partial charge is 0.497 e. The molecule has 0 fully saturated rings. The molecular weight excluding hydrogens is 330 g/mol. The normalized spacial score (nSPS) is 10.2. The fraction of sp³-hybridized carbons (Fsp3) is 0.300. The maximum Gasteiger partial charge on any atom is 0.244 e. The molecule has 0 aromatic heterocycles. The predicted octanol–water partition coefficient (Wildman–Crippen LogP) is 2.75. The summed E-state index contributed by atoms with van der Waals surface area (Å²) in [5.74, 6) is 0.368. The SMILES string of the molecule is COc1ccc(CN(CC(=O)Nc2ccc(N(C)C)cc2)C(C)=O)cc1. The van der Waals surface area contributed by atoms with E-state index in [2.05, 4.69) is 5.32 Å². The van der Waals surface area contributed by atoms with E-state index in [1.807, 2.05) is 67.5 Å². The van der Waals surface area contributed by atoms with Crippen molar-refractivity contribution in [2.45, 2.75) is 13.5 Å². The average molecular weight is 355 g/mol. The van der Waals surface area contributed by atoms with Gasteiger partial charge in [-0.15, -0.1) is 0 Å². The van der Waals surface area contributed by atoms with Crippen LogP contribution in [0, 0.1) is 0 Å². The molecule has 0 saturated heterocycles. The molecule has 0 atom stereocenters. The first-order valence-corrected chi connectivity index (χ1v) is 8.34. The average Bonchev–Trinajstić information content (AvgIpc) is 2.62. The van der Waals surface area contributed by atoms with Gasteiger partial charge in [-0.25, -0.2) is 0 Å². The summed E-state index contributed by atoms with van der Waals surface area (Å²) in [5.41, 5.74) is 2.69. The summed E-state index contributed by atoms with van der Waals surface area (Å²) >= 11 is 0. The number of ether oxygens (including phenoxy) is 1. The van der Waals surface area contributed by atoms with Gasteiger partial charge < -0.3 is 19.9 Å². The third-order valence-corrected chi connectivity index (χ3v) is 3.98. The Morgan fingerprint density at radius 3 is 2.12 bits per heavy atom. The van der Waals surface area contributed by atoms with Crippen molar-refractivity contribution in [1.29, 1.82) is 0 Å². The van der Waals surface area contributed by atoms with E-state index in [-0.39, 0.29) is 18.4 Å². The molecule has 6 heteroatoms. The summed E-state index contributed by atoms with van der Waals surface area (Å²) in [6.07, 6.45) is 0. The summed E-state index contributed by atoms with van der Waals surface area (Å²) in [4.78, 5) is 27.7. The maximum absolute atomic E-state index is 12.3. The first kappa shape index (κ1) is 19.3. The predicted molar refractivity (Wildman–Crippen MR) is 103 cm³/mol. The van der Waals surface area contributed by atoms with Gasteiger partial charge in [0.1, 0.15) is 12.3 Å². The number of hydrogen-bond donors (Lipinski definition) is 1. The molecular formula is C20H25N3O3. The monoisotopic (exact) mass is 355 g/mol. The van der Waals surface area contributed by atoms with Crippen molar-refractivity contribution in [3.63, 3.8) is 0 Å². The topological polar surface area (TPSA) is 61.9 Å². The molecule has 0 aliphatic heterocycles. The van der Waals surface area contributed by atoms with Crippen LogP contribution in [0.25, 0.3) is 0 Å². The van der Waals surface area contributed by atoms with Crippen LogP contribution in [0.1, 0.15) is 12.5 Å². The Morgan fingerprint density at radius 1 is 1.00 bits per heavy atom. The fourth-order valence-electron chi connectivity index (χ4n) is 2.45. The van der Waals surface area contributed by atoms with E-state index >= 15 is 0 Å². The van der Waals surface area contributed by atoms with E-state index in [0.29, 0.717) is 12.2 Å². The lowest BCUT2D eigenvalue weighted by Crippen LogP contribution is -2.36. The van der Waals surface area contributed by atoms with Crippen LogP contribution in [0.4, 0.5) is 11.4 Å². The second-order valence-electron chi connectivity index (χ2n) is 6.21. The zero-order valence-corrected chi connectivity index (χ0v) is 15.7. The number of hydrogen-bond acceptors (Lipinski definition) is 4. The highest BCUT2D eigenvalue weighted by Crippen LogP contribution is 2.16. The van der Waals surface area contributed by atoms with Crippen molar-refractivity contribution in [2.75, 3.05) is 38.0 Å². The molecule has 0 radical (unpaired) electrons. The third-order valence-electron chi connectivity index (χ3n) is 3.98. The molecule has 2 amide bonds. The molecule has 0 saturated carbocycles. The van der Waals surface area contributed by atoms with Gasteiger partial charge in [0.2, 0.25) is 11.8 Å². The van der Waals surface area contributed by atoms with Crippen molar-refractivity contribution in [1.82, 2.24) is 4.90 Å². The Morgan fingerprint density at radius 2 is 1.62 bits per heavy atom. The maximum atomic E-state index is 12.3. The number of carbonyl (C=O) groups excluding carboxylic acids is 2. The summed E-state index contributed by atoms with van der Waals surface area (Å²) < 4.78 is 5.13. The minimum Gasteiger partial charge on any atom is -0.497 e. The zero-order valence-electron chi connectivity index (χ0n) is 15.7. The molecule has 2 aromatic rings. The number of anilines is 2. The Balaban J connectivity index is 1.97. The van der Waals surface area contributed by atoms with E-state index in [0.717, 1.165) is 17.0 Å². The number of nitrogens with one attached hydrogen (secondary N) is 1. The zero-order chi connectivity index (χ0) is 19.1. The molecule has 1 N–H and O–H groups in total. The van der Waals surface area contributed by atoms with E-state index in [1.165, 1.54) is 11.8 Å². The first-order chi connectivity index (χ1) is 12.4. The van der Waals surface area contributed by atoms with Gasteiger partial charge in [0.05, 0.1) is 7.11 Å². The summed E-state index contributed by atoms with van der Waals surface area (Å²) in [6, 6.07) is 15.0. The minimum atomic E-state index is -0.230. The van der Waals surface area contributed by atoms with Crippen molar-refractivity contribution in [3.05, 3.63) is 54.1 Å². The Labute approximate surface area is 154 Å². The van der Waals surface area contributed by atoms with Gasteiger partial charge in [-0.05, 0) is 42.0 Å². The summed E-state index contributed by atoms with van der Waals surface area (Å²) in [5, 5.41) is 2.83. The molecule has 2 aromatic carbocycles. The number of nitrogens with zero attached hydrogens (tertiary/aromatic N) is 2. The second-order valence-corrected chi connectivity index (χ2v) is 6.21. The van der Waals surface area contributed by atoms with Crippen molar-refractivity contribution in [3.8, 4) is 5.75 Å². The van der Waals surface area contributed by atoms with Gasteiger partial charge in [-0.1, -0.05) is 12.1 Å². The van der Waals surface area contributed by atoms with Crippen molar-refractivity contribution >= 4 is 23.2 Å². The summed E-state index contributed by atoms with van der Waals surface area (Å²) in [7, 11) is 5.52. The van der Waals surface area contributed by atoms with Crippen molar-refractivity contribution in [2.24, 2.45) is 0 Å². The smallest absolute Gasteiger partial charge is 0.244 e. The van der Waals surface area contributed by atoms with Gasteiger partial charge in [0, 0.05) is 38.9 Å². The van der Waals surface area contributed by atoms with Crippen LogP contribution in [0.5, 0.6) is 5.75 Å². The number of carbonyl (C=O) groups is 2. The van der Waals surface area contributed by atoms with Gasteiger partial charge >= 0.3 is 0 Å². The van der Waals surface area contributed by atoms with Crippen LogP contribution < -0.4 is 15.0 Å². The second kappa shape index (κ2) is 8.89. The standard InChI is InChI=1S/C20H25N3O3/c1-15(24)23(13-16-5-11-19(26-4)12-6-16)14-20(25)21-17-7-9-18(10-8-17)22(2)3/h5-12H,13-14H2,1-4H3,(H,21,25). The number of rotatable bonds is 7. The highest BCUT2D eigenvalue weighted by molar-refractivity contribution is 5.94. The van der Waals surface area contributed by atoms with Crippen molar-refractivity contribution < 1.29 is 14.3 Å². The number of benzene rings is 2. The lowest BCUT2D eigenvalue weighted by molar-refractivity contribution is -0.133. The number of amides is 2. The Bertz CT molecular complexity index is 740. The highest BCUT2D eigenvalue weighted by Gasteiger charge is 2.14. The van der Waals surface area contributed by atoms with Gasteiger partial charge in [-0.2, -0.15) is 0 Å². The quantitative estimate of drug-likeness (QED) is 0.830. The molecule has 0 unspecified atom stereocenters. The van der Waals surface area contributed by atoms with Crippen LogP contribution in [0.3, 0.4) is 0 Å². The molecule has 0 aliphatic rings. The molecule has 26 heavy (non-hydrogen) atoms. The summed E-state index contributed by atoms with van der Waals surface area (Å²) in [6.45, 7) is 1.83. The van der Waals surface area contributed by atoms with Gasteiger partial charge in [0.15, 0.2) is 0 Å². The molecule has 6 nitrogen and oxygen atoms in total. The van der Waals surface area contributed by atoms with E-state index in [4.69, 9.17) is 4.74 Å². The van der Waals surface area contributed by atoms with Crippen LogP contribution in [-0.2, 0) is 16.1 Å². The first-order valence-electron chi connectivity index (χ1n) is 8.34. The van der Waals surface area contributed by atoms with Crippen LogP contribution >= 0.6 is 0 Å². The third kappa shape index (κ3) is 5.51. The van der Waals surface area contributed by atoms with Gasteiger partial charge in [0.25, 0.3) is 0 Å². The Kier molecular flexibility index (Phi) is 6.60. The van der Waals surface area contributed by atoms with E-state index in [1.54, 1.807) is 7.11 Å². The molecule has 0 heterocycles. The van der Waals surface area contributed by atoms with Gasteiger partial charge in [-0.3, -0.25) is 9.59 Å². The Hall–Kier alpha value is -3.02. The van der Waals surface area contributed by atoms with Crippen LogP contribution in [0.15, 0.2) is 48.5 Å². The molecule has 0 bridgehead atoms. The molecule has 138 valence electrons. The highest BCUT2D eigenvalue weighted by atomic mass is 16.5. The van der Waals surface area contributed by atoms with E-state index < -0.39 is 0 Å². The minimum absolute atomic E-state index is 0.00318. The van der Waals surface area contributed by atoms with Crippen LogP contribution in [0.2, 0.25) is 0 Å². The fourth-order valence-corrected chi connectivity index (χ4v) is 2.45. The van der Waals surface area contributed by atoms with Crippen LogP contribution in [-0.4, -0.2) is 44.5 Å². The number of methoxy groups -OCH3 is 1. The van der Waals surface area contributed by atoms with E-state index in [9.17, 15) is 9.59 Å². The molecule has 2 rings (SSSR count). The molecule has 0 aliphatic carbocycles. The molecule has 0 spiro atoms.